The van der Waals surface area contributed by atoms with Gasteiger partial charge in [-0.2, -0.15) is 5.26 Å². The van der Waals surface area contributed by atoms with Gasteiger partial charge in [-0.25, -0.2) is 0 Å². The summed E-state index contributed by atoms with van der Waals surface area (Å²) >= 11 is 0. The molecule has 138 valence electrons. The van der Waals surface area contributed by atoms with Crippen LogP contribution in [0.3, 0.4) is 0 Å². The van der Waals surface area contributed by atoms with Crippen molar-refractivity contribution in [2.45, 2.75) is 38.6 Å². The summed E-state index contributed by atoms with van der Waals surface area (Å²) in [6.45, 7) is 5.22. The second kappa shape index (κ2) is 8.33. The van der Waals surface area contributed by atoms with E-state index in [4.69, 9.17) is 5.26 Å². The van der Waals surface area contributed by atoms with E-state index < -0.39 is 0 Å². The van der Waals surface area contributed by atoms with Gasteiger partial charge in [-0.05, 0) is 63.9 Å². The molecule has 1 aromatic carbocycles. The van der Waals surface area contributed by atoms with Gasteiger partial charge in [0.2, 0.25) is 11.8 Å². The van der Waals surface area contributed by atoms with E-state index in [0.717, 1.165) is 51.9 Å². The Morgan fingerprint density at radius 2 is 1.88 bits per heavy atom. The van der Waals surface area contributed by atoms with Crippen LogP contribution in [0.4, 0.5) is 5.69 Å². The van der Waals surface area contributed by atoms with Crippen LogP contribution in [0.5, 0.6) is 0 Å². The fourth-order valence-electron chi connectivity index (χ4n) is 3.81. The lowest BCUT2D eigenvalue weighted by atomic mass is 9.94. The molecule has 3 rings (SSSR count). The zero-order chi connectivity index (χ0) is 18.5. The molecule has 6 nitrogen and oxygen atoms in total. The number of hydrogen-bond donors (Lipinski definition) is 1. The number of nitrogens with one attached hydrogen (secondary N) is 1. The molecule has 0 spiro atoms. The summed E-state index contributed by atoms with van der Waals surface area (Å²) in [6.07, 6.45) is 3.87. The Hall–Kier alpha value is -2.39. The summed E-state index contributed by atoms with van der Waals surface area (Å²) < 4.78 is 0. The molecule has 26 heavy (non-hydrogen) atoms. The molecule has 0 bridgehead atoms. The summed E-state index contributed by atoms with van der Waals surface area (Å²) in [7, 11) is 0. The third-order valence-corrected chi connectivity index (χ3v) is 5.48. The highest BCUT2D eigenvalue weighted by atomic mass is 16.2. The molecule has 0 aliphatic carbocycles. The van der Waals surface area contributed by atoms with Crippen LogP contribution in [0, 0.1) is 17.2 Å². The lowest BCUT2D eigenvalue weighted by molar-refractivity contribution is -0.136. The minimum absolute atomic E-state index is 0.0793. The van der Waals surface area contributed by atoms with Crippen LogP contribution in [0.25, 0.3) is 0 Å². The molecule has 0 radical (unpaired) electrons. The molecule has 1 aromatic rings. The number of rotatable bonds is 4. The number of amides is 2. The monoisotopic (exact) mass is 354 g/mol. The van der Waals surface area contributed by atoms with Gasteiger partial charge < -0.3 is 10.2 Å². The maximum Gasteiger partial charge on any atom is 0.241 e. The largest absolute Gasteiger partial charge is 0.342 e. The van der Waals surface area contributed by atoms with E-state index in [1.807, 2.05) is 11.8 Å². The molecule has 0 saturated carbocycles. The predicted octanol–water partition coefficient (Wildman–Crippen LogP) is 2.22. The van der Waals surface area contributed by atoms with Gasteiger partial charge in [0.05, 0.1) is 17.7 Å². The Morgan fingerprint density at radius 3 is 2.54 bits per heavy atom. The SMILES string of the molecule is C[C@@H](C(=O)Nc1cccc(C#N)c1)N1CCC(C(=O)N2CCCC2)CC1. The summed E-state index contributed by atoms with van der Waals surface area (Å²) in [5, 5.41) is 11.8. The van der Waals surface area contributed by atoms with Crippen molar-refractivity contribution in [2.24, 2.45) is 5.92 Å². The van der Waals surface area contributed by atoms with E-state index in [1.54, 1.807) is 24.3 Å². The smallest absolute Gasteiger partial charge is 0.241 e. The van der Waals surface area contributed by atoms with Crippen LogP contribution in [0.1, 0.15) is 38.2 Å². The molecule has 2 saturated heterocycles. The van der Waals surface area contributed by atoms with Gasteiger partial charge in [-0.15, -0.1) is 0 Å². The molecule has 0 aromatic heterocycles. The summed E-state index contributed by atoms with van der Waals surface area (Å²) in [5.41, 5.74) is 1.16. The van der Waals surface area contributed by atoms with Crippen LogP contribution in [-0.4, -0.2) is 53.8 Å². The third kappa shape index (κ3) is 4.23. The first-order chi connectivity index (χ1) is 12.6. The van der Waals surface area contributed by atoms with Crippen molar-refractivity contribution in [3.63, 3.8) is 0 Å². The first kappa shape index (κ1) is 18.4. The summed E-state index contributed by atoms with van der Waals surface area (Å²) in [6, 6.07) is 8.74. The van der Waals surface area contributed by atoms with Gasteiger partial charge in [0.25, 0.3) is 0 Å². The van der Waals surface area contributed by atoms with Crippen LogP contribution in [0.2, 0.25) is 0 Å². The average Bonchev–Trinajstić information content (AvgIpc) is 3.22. The number of piperidine rings is 1. The highest BCUT2D eigenvalue weighted by Crippen LogP contribution is 2.23. The fourth-order valence-corrected chi connectivity index (χ4v) is 3.81. The lowest BCUT2D eigenvalue weighted by Crippen LogP contribution is -2.48. The fraction of sp³-hybridized carbons (Fsp3) is 0.550. The van der Waals surface area contributed by atoms with Crippen molar-refractivity contribution in [1.82, 2.24) is 9.80 Å². The lowest BCUT2D eigenvalue weighted by Gasteiger charge is -2.36. The summed E-state index contributed by atoms with van der Waals surface area (Å²) in [5.74, 6) is 0.323. The number of carbonyl (C=O) groups is 2. The van der Waals surface area contributed by atoms with Crippen molar-refractivity contribution in [3.8, 4) is 6.07 Å². The molecule has 2 fully saturated rings. The maximum absolute atomic E-state index is 12.5. The number of hydrogen-bond acceptors (Lipinski definition) is 4. The highest BCUT2D eigenvalue weighted by Gasteiger charge is 2.32. The quantitative estimate of drug-likeness (QED) is 0.899. The van der Waals surface area contributed by atoms with Gasteiger partial charge >= 0.3 is 0 Å². The molecular weight excluding hydrogens is 328 g/mol. The van der Waals surface area contributed by atoms with E-state index in [2.05, 4.69) is 16.3 Å². The van der Waals surface area contributed by atoms with Crippen LogP contribution in [0.15, 0.2) is 24.3 Å². The molecule has 6 heteroatoms. The number of nitriles is 1. The van der Waals surface area contributed by atoms with Crippen molar-refractivity contribution < 1.29 is 9.59 Å². The average molecular weight is 354 g/mol. The topological polar surface area (TPSA) is 76.4 Å². The van der Waals surface area contributed by atoms with E-state index in [1.165, 1.54) is 0 Å². The number of carbonyl (C=O) groups excluding carboxylic acids is 2. The van der Waals surface area contributed by atoms with Crippen molar-refractivity contribution in [1.29, 1.82) is 5.26 Å². The van der Waals surface area contributed by atoms with Gasteiger partial charge in [-0.3, -0.25) is 14.5 Å². The Kier molecular flexibility index (Phi) is 5.89. The first-order valence-electron chi connectivity index (χ1n) is 9.42. The van der Waals surface area contributed by atoms with Crippen LogP contribution >= 0.6 is 0 Å². The Bertz CT molecular complexity index is 698. The molecule has 1 atom stereocenters. The molecule has 2 aliphatic rings. The molecule has 2 heterocycles. The van der Waals surface area contributed by atoms with E-state index in [0.29, 0.717) is 17.2 Å². The molecular formula is C20H26N4O2. The van der Waals surface area contributed by atoms with Crippen LogP contribution < -0.4 is 5.32 Å². The standard InChI is InChI=1S/C20H26N4O2/c1-15(19(25)22-18-6-4-5-16(13-18)14-21)23-11-7-17(8-12-23)20(26)24-9-2-3-10-24/h4-6,13,15,17H,2-3,7-12H2,1H3,(H,22,25)/t15-/m0/s1. The number of benzene rings is 1. The second-order valence-electron chi connectivity index (χ2n) is 7.20. The second-order valence-corrected chi connectivity index (χ2v) is 7.20. The normalized spacial score (nSPS) is 19.8. The van der Waals surface area contributed by atoms with Crippen molar-refractivity contribution in [2.75, 3.05) is 31.5 Å². The maximum atomic E-state index is 12.5. The summed E-state index contributed by atoms with van der Waals surface area (Å²) in [4.78, 5) is 29.2. The van der Waals surface area contributed by atoms with Gasteiger partial charge in [-0.1, -0.05) is 6.07 Å². The van der Waals surface area contributed by atoms with Gasteiger partial charge in [0.1, 0.15) is 0 Å². The zero-order valence-corrected chi connectivity index (χ0v) is 15.3. The molecule has 2 amide bonds. The minimum atomic E-state index is -0.261. The molecule has 2 aliphatic heterocycles. The van der Waals surface area contributed by atoms with E-state index in [9.17, 15) is 9.59 Å². The first-order valence-corrected chi connectivity index (χ1v) is 9.42. The van der Waals surface area contributed by atoms with E-state index >= 15 is 0 Å². The third-order valence-electron chi connectivity index (χ3n) is 5.48. The van der Waals surface area contributed by atoms with Gasteiger partial charge in [0, 0.05) is 24.7 Å². The molecule has 0 unspecified atom stereocenters. The van der Waals surface area contributed by atoms with Crippen LogP contribution in [-0.2, 0) is 9.59 Å². The number of anilines is 1. The Balaban J connectivity index is 1.51. The van der Waals surface area contributed by atoms with E-state index in [-0.39, 0.29) is 17.9 Å². The molecule has 1 N–H and O–H groups in total. The Labute approximate surface area is 154 Å². The Morgan fingerprint density at radius 1 is 1.19 bits per heavy atom. The predicted molar refractivity (Wildman–Crippen MR) is 99.4 cm³/mol. The minimum Gasteiger partial charge on any atom is -0.342 e. The highest BCUT2D eigenvalue weighted by molar-refractivity contribution is 5.94. The number of nitrogens with zero attached hydrogens (tertiary/aromatic N) is 3. The zero-order valence-electron chi connectivity index (χ0n) is 15.3. The van der Waals surface area contributed by atoms with Gasteiger partial charge in [0.15, 0.2) is 0 Å². The van der Waals surface area contributed by atoms with Crippen molar-refractivity contribution >= 4 is 17.5 Å². The number of likely N-dealkylation sites (tertiary alicyclic amines) is 2. The van der Waals surface area contributed by atoms with Crippen molar-refractivity contribution in [3.05, 3.63) is 29.8 Å².